The molecule has 0 saturated heterocycles. The van der Waals surface area contributed by atoms with Gasteiger partial charge in [-0.05, 0) is 42.3 Å². The summed E-state index contributed by atoms with van der Waals surface area (Å²) in [4.78, 5) is 4.19. The first-order valence-corrected chi connectivity index (χ1v) is 7.53. The van der Waals surface area contributed by atoms with Crippen molar-refractivity contribution in [2.75, 3.05) is 0 Å². The Hall–Kier alpha value is -2.33. The van der Waals surface area contributed by atoms with E-state index in [0.29, 0.717) is 21.3 Å². The summed E-state index contributed by atoms with van der Waals surface area (Å²) in [5.41, 5.74) is 2.18. The molecule has 0 aliphatic rings. The number of hydrogen-bond acceptors (Lipinski definition) is 3. The largest absolute Gasteiger partial charge is 0.507 e. The molecule has 3 aromatic rings. The predicted molar refractivity (Wildman–Crippen MR) is 92.3 cm³/mol. The van der Waals surface area contributed by atoms with Gasteiger partial charge in [0.1, 0.15) is 17.0 Å². The van der Waals surface area contributed by atoms with Crippen LogP contribution in [0, 0.1) is 6.92 Å². The predicted octanol–water partition coefficient (Wildman–Crippen LogP) is 2.96. The highest BCUT2D eigenvalue weighted by molar-refractivity contribution is 9.10. The van der Waals surface area contributed by atoms with E-state index in [-0.39, 0.29) is 11.5 Å². The lowest BCUT2D eigenvalue weighted by atomic mass is 10.1. The fraction of sp³-hybridized carbons (Fsp3) is 0.0556. The van der Waals surface area contributed by atoms with Crippen LogP contribution in [0.5, 0.6) is 11.5 Å². The zero-order valence-electron chi connectivity index (χ0n) is 12.0. The van der Waals surface area contributed by atoms with Gasteiger partial charge in [0.15, 0.2) is 0 Å². The molecule has 22 heavy (non-hydrogen) atoms. The maximum Gasteiger partial charge on any atom is 0.149 e. The summed E-state index contributed by atoms with van der Waals surface area (Å²) < 4.78 is 0.977. The van der Waals surface area contributed by atoms with Gasteiger partial charge in [-0.1, -0.05) is 34.6 Å². The van der Waals surface area contributed by atoms with Crippen molar-refractivity contribution in [1.82, 2.24) is 4.98 Å². The summed E-state index contributed by atoms with van der Waals surface area (Å²) in [5.74, 6) is 0.0769. The average molecular weight is 356 g/mol. The van der Waals surface area contributed by atoms with Gasteiger partial charge in [0, 0.05) is 26.5 Å². The number of fused-ring (bicyclic) bond motifs is 1. The van der Waals surface area contributed by atoms with E-state index in [0.717, 1.165) is 15.6 Å². The van der Waals surface area contributed by atoms with Gasteiger partial charge >= 0.3 is 0 Å². The van der Waals surface area contributed by atoms with Crippen LogP contribution in [0.4, 0.5) is 0 Å². The standard InChI is InChI=1S/C18H14BrNO2/c1-10-7-15-16(20-9-10)17(21)11(2)14(18(15)22)8-12-3-5-13(19)6-4-12/h3-9,21-22H,2H2,1H3. The van der Waals surface area contributed by atoms with E-state index in [1.807, 2.05) is 31.2 Å². The van der Waals surface area contributed by atoms with Crippen molar-refractivity contribution in [3.63, 3.8) is 0 Å². The SMILES string of the molecule is C=c1c(O)c2ncc(C)cc2c(O)c1=Cc1ccc(Br)cc1. The maximum absolute atomic E-state index is 10.6. The van der Waals surface area contributed by atoms with Crippen molar-refractivity contribution in [3.8, 4) is 11.5 Å². The normalized spacial score (nSPS) is 12.0. The third kappa shape index (κ3) is 2.46. The molecule has 3 nitrogen and oxygen atoms in total. The van der Waals surface area contributed by atoms with Gasteiger partial charge in [0.25, 0.3) is 0 Å². The highest BCUT2D eigenvalue weighted by atomic mass is 79.9. The summed E-state index contributed by atoms with van der Waals surface area (Å²) in [6, 6.07) is 9.46. The third-order valence-electron chi connectivity index (χ3n) is 3.55. The summed E-state index contributed by atoms with van der Waals surface area (Å²) in [6.45, 7) is 5.76. The van der Waals surface area contributed by atoms with E-state index in [4.69, 9.17) is 0 Å². The molecule has 4 heteroatoms. The van der Waals surface area contributed by atoms with Crippen molar-refractivity contribution < 1.29 is 10.2 Å². The minimum Gasteiger partial charge on any atom is -0.507 e. The monoisotopic (exact) mass is 355 g/mol. The molecule has 3 rings (SSSR count). The summed E-state index contributed by atoms with van der Waals surface area (Å²) >= 11 is 3.39. The average Bonchev–Trinajstić information content (AvgIpc) is 2.51. The second-order valence-electron chi connectivity index (χ2n) is 5.19. The quantitative estimate of drug-likeness (QED) is 0.660. The molecule has 1 heterocycles. The molecule has 0 aliphatic heterocycles. The minimum atomic E-state index is -0.00355. The van der Waals surface area contributed by atoms with E-state index in [1.165, 1.54) is 0 Å². The molecular formula is C18H14BrNO2. The Morgan fingerprint density at radius 3 is 2.50 bits per heavy atom. The molecule has 0 atom stereocenters. The van der Waals surface area contributed by atoms with Crippen LogP contribution in [0.15, 0.2) is 41.0 Å². The molecule has 2 aromatic carbocycles. The number of halogens is 1. The molecule has 0 bridgehead atoms. The number of benzene rings is 2. The second kappa shape index (κ2) is 5.46. The van der Waals surface area contributed by atoms with Gasteiger partial charge in [-0.25, -0.2) is 0 Å². The van der Waals surface area contributed by atoms with Crippen molar-refractivity contribution in [3.05, 3.63) is 62.6 Å². The van der Waals surface area contributed by atoms with Crippen LogP contribution in [-0.2, 0) is 0 Å². The van der Waals surface area contributed by atoms with Crippen LogP contribution in [0.25, 0.3) is 23.6 Å². The Morgan fingerprint density at radius 2 is 1.82 bits per heavy atom. The molecule has 0 unspecified atom stereocenters. The Bertz CT molecular complexity index is 979. The molecule has 0 spiro atoms. The van der Waals surface area contributed by atoms with Gasteiger partial charge in [-0.15, -0.1) is 0 Å². The van der Waals surface area contributed by atoms with E-state index in [9.17, 15) is 10.2 Å². The number of nitrogens with zero attached hydrogens (tertiary/aromatic N) is 1. The second-order valence-corrected chi connectivity index (χ2v) is 6.11. The highest BCUT2D eigenvalue weighted by Gasteiger charge is 2.10. The molecule has 2 N–H and O–H groups in total. The Labute approximate surface area is 136 Å². The Balaban J connectivity index is 2.39. The van der Waals surface area contributed by atoms with Crippen molar-refractivity contribution in [2.24, 2.45) is 0 Å². The smallest absolute Gasteiger partial charge is 0.149 e. The number of rotatable bonds is 1. The molecule has 110 valence electrons. The first-order chi connectivity index (χ1) is 10.5. The topological polar surface area (TPSA) is 53.4 Å². The van der Waals surface area contributed by atoms with Crippen LogP contribution >= 0.6 is 15.9 Å². The molecule has 0 radical (unpaired) electrons. The number of pyridine rings is 1. The molecule has 0 saturated carbocycles. The fourth-order valence-electron chi connectivity index (χ4n) is 2.38. The van der Waals surface area contributed by atoms with Crippen molar-refractivity contribution in [1.29, 1.82) is 0 Å². The van der Waals surface area contributed by atoms with Crippen LogP contribution in [0.1, 0.15) is 11.1 Å². The fourth-order valence-corrected chi connectivity index (χ4v) is 2.64. The van der Waals surface area contributed by atoms with Gasteiger partial charge < -0.3 is 10.2 Å². The zero-order valence-corrected chi connectivity index (χ0v) is 13.6. The van der Waals surface area contributed by atoms with Crippen LogP contribution < -0.4 is 10.4 Å². The lowest BCUT2D eigenvalue weighted by molar-refractivity contribution is 0.461. The molecule has 1 aromatic heterocycles. The van der Waals surface area contributed by atoms with E-state index in [2.05, 4.69) is 27.5 Å². The van der Waals surface area contributed by atoms with E-state index >= 15 is 0 Å². The molecule has 0 amide bonds. The first kappa shape index (κ1) is 14.6. The van der Waals surface area contributed by atoms with E-state index < -0.39 is 0 Å². The Kier molecular flexibility index (Phi) is 3.62. The van der Waals surface area contributed by atoms with Crippen LogP contribution in [0.2, 0.25) is 0 Å². The lowest BCUT2D eigenvalue weighted by Crippen LogP contribution is -2.24. The number of aromatic nitrogens is 1. The van der Waals surface area contributed by atoms with Gasteiger partial charge in [-0.2, -0.15) is 0 Å². The molecule has 0 aliphatic carbocycles. The molecular weight excluding hydrogens is 342 g/mol. The molecule has 0 fully saturated rings. The summed E-state index contributed by atoms with van der Waals surface area (Å²) in [6.07, 6.45) is 3.45. The van der Waals surface area contributed by atoms with Gasteiger partial charge in [0.2, 0.25) is 0 Å². The zero-order chi connectivity index (χ0) is 15.9. The lowest BCUT2D eigenvalue weighted by Gasteiger charge is -2.06. The van der Waals surface area contributed by atoms with Crippen molar-refractivity contribution in [2.45, 2.75) is 6.92 Å². The first-order valence-electron chi connectivity index (χ1n) is 6.74. The third-order valence-corrected chi connectivity index (χ3v) is 4.08. The van der Waals surface area contributed by atoms with Crippen molar-refractivity contribution >= 4 is 39.5 Å². The highest BCUT2D eigenvalue weighted by Crippen LogP contribution is 2.25. The van der Waals surface area contributed by atoms with Crippen LogP contribution in [0.3, 0.4) is 0 Å². The number of phenolic OH excluding ortho intramolecular Hbond substituents is 2. The Morgan fingerprint density at radius 1 is 1.14 bits per heavy atom. The number of aryl methyl sites for hydroxylation is 1. The van der Waals surface area contributed by atoms with E-state index in [1.54, 1.807) is 18.3 Å². The number of aromatic hydroxyl groups is 2. The van der Waals surface area contributed by atoms with Gasteiger partial charge in [-0.3, -0.25) is 4.98 Å². The summed E-state index contributed by atoms with van der Waals surface area (Å²) in [5, 5.41) is 22.3. The number of hydrogen-bond donors (Lipinski definition) is 2. The minimum absolute atomic E-state index is 0.00355. The number of phenols is 2. The van der Waals surface area contributed by atoms with Gasteiger partial charge in [0.05, 0.1) is 0 Å². The van der Waals surface area contributed by atoms with Crippen LogP contribution in [-0.4, -0.2) is 15.2 Å². The maximum atomic E-state index is 10.6. The summed E-state index contributed by atoms with van der Waals surface area (Å²) in [7, 11) is 0.